The average molecular weight is 450 g/mol. The van der Waals surface area contributed by atoms with Gasteiger partial charge in [-0.1, -0.05) is 29.3 Å². The van der Waals surface area contributed by atoms with Crippen molar-refractivity contribution < 1.29 is 13.2 Å². The van der Waals surface area contributed by atoms with Gasteiger partial charge in [0.05, 0.1) is 5.02 Å². The normalized spacial score (nSPS) is 15.7. The second-order valence-electron chi connectivity index (χ2n) is 7.91. The smallest absolute Gasteiger partial charge is 0.263 e. The fourth-order valence-electron chi connectivity index (χ4n) is 3.52. The van der Waals surface area contributed by atoms with E-state index in [0.717, 1.165) is 37.9 Å². The monoisotopic (exact) mass is 449 g/mol. The Morgan fingerprint density at radius 3 is 2.47 bits per heavy atom. The fourth-order valence-corrected chi connectivity index (χ4v) is 5.11. The van der Waals surface area contributed by atoms with Gasteiger partial charge < -0.3 is 10.2 Å². The average Bonchev–Trinajstić information content (AvgIpc) is 2.71. The molecule has 2 N–H and O–H groups in total. The number of halogens is 1. The Kier molecular flexibility index (Phi) is 7.39. The van der Waals surface area contributed by atoms with Crippen molar-refractivity contribution in [3.05, 3.63) is 58.6 Å². The molecule has 0 aliphatic carbocycles. The molecule has 30 heavy (non-hydrogen) atoms. The van der Waals surface area contributed by atoms with E-state index in [0.29, 0.717) is 18.2 Å². The van der Waals surface area contributed by atoms with Crippen LogP contribution in [0, 0.1) is 12.8 Å². The highest BCUT2D eigenvalue weighted by atomic mass is 35.5. The number of sulfonamides is 1. The summed E-state index contributed by atoms with van der Waals surface area (Å²) in [6, 6.07) is 11.3. The van der Waals surface area contributed by atoms with Gasteiger partial charge in [0.25, 0.3) is 15.9 Å². The molecule has 0 radical (unpaired) electrons. The first-order valence-electron chi connectivity index (χ1n) is 10.1. The number of hydrogen-bond donors (Lipinski definition) is 2. The lowest BCUT2D eigenvalue weighted by molar-refractivity contribution is 0.0948. The summed E-state index contributed by atoms with van der Waals surface area (Å²) in [4.78, 5) is 14.7. The molecule has 6 nitrogen and oxygen atoms in total. The summed E-state index contributed by atoms with van der Waals surface area (Å²) in [6.45, 7) is 4.67. The minimum Gasteiger partial charge on any atom is -0.352 e. The number of carbonyl (C=O) groups excluding carboxylic acids is 1. The van der Waals surface area contributed by atoms with Crippen LogP contribution in [0.5, 0.6) is 0 Å². The van der Waals surface area contributed by atoms with Crippen molar-refractivity contribution >= 4 is 33.2 Å². The third-order valence-electron chi connectivity index (χ3n) is 5.46. The third kappa shape index (κ3) is 5.97. The number of nitrogens with one attached hydrogen (secondary N) is 2. The Balaban J connectivity index is 1.64. The minimum atomic E-state index is -3.92. The van der Waals surface area contributed by atoms with Gasteiger partial charge in [-0.2, -0.15) is 0 Å². The van der Waals surface area contributed by atoms with Crippen molar-refractivity contribution in [2.75, 3.05) is 31.4 Å². The molecule has 2 aromatic carbocycles. The zero-order chi connectivity index (χ0) is 21.7. The molecular weight excluding hydrogens is 422 g/mol. The SMILES string of the molecule is Cc1ccc(NS(=O)(=O)c2cc(C(=O)NCCC3CCN(C)CC3)ccc2Cl)cc1. The second-order valence-corrected chi connectivity index (χ2v) is 9.97. The van der Waals surface area contributed by atoms with Crippen LogP contribution in [0.3, 0.4) is 0 Å². The maximum absolute atomic E-state index is 12.8. The summed E-state index contributed by atoms with van der Waals surface area (Å²) < 4.78 is 28.1. The number of aryl methyl sites for hydroxylation is 1. The highest BCUT2D eigenvalue weighted by Gasteiger charge is 2.21. The lowest BCUT2D eigenvalue weighted by atomic mass is 9.94. The maximum atomic E-state index is 12.8. The molecular formula is C22H28ClN3O3S. The molecule has 0 spiro atoms. The molecule has 0 unspecified atom stereocenters. The first kappa shape index (κ1) is 22.6. The van der Waals surface area contributed by atoms with Crippen LogP contribution in [-0.2, 0) is 10.0 Å². The summed E-state index contributed by atoms with van der Waals surface area (Å²) in [7, 11) is -1.80. The number of amides is 1. The van der Waals surface area contributed by atoms with Gasteiger partial charge in [0.1, 0.15) is 4.90 Å². The molecule has 0 aromatic heterocycles. The van der Waals surface area contributed by atoms with E-state index in [4.69, 9.17) is 11.6 Å². The number of likely N-dealkylation sites (tertiary alicyclic amines) is 1. The molecule has 0 bridgehead atoms. The Bertz CT molecular complexity index is 985. The second kappa shape index (κ2) is 9.81. The molecule has 1 aliphatic heterocycles. The van der Waals surface area contributed by atoms with Gasteiger partial charge in [-0.3, -0.25) is 9.52 Å². The van der Waals surface area contributed by atoms with Crippen LogP contribution >= 0.6 is 11.6 Å². The first-order chi connectivity index (χ1) is 14.2. The molecule has 2 aromatic rings. The number of rotatable bonds is 7. The van der Waals surface area contributed by atoms with E-state index in [1.807, 2.05) is 19.1 Å². The van der Waals surface area contributed by atoms with E-state index in [-0.39, 0.29) is 21.4 Å². The van der Waals surface area contributed by atoms with Crippen LogP contribution in [0.2, 0.25) is 5.02 Å². The topological polar surface area (TPSA) is 78.5 Å². The van der Waals surface area contributed by atoms with Crippen LogP contribution in [0.25, 0.3) is 0 Å². The molecule has 0 saturated carbocycles. The van der Waals surface area contributed by atoms with Crippen molar-refractivity contribution in [1.82, 2.24) is 10.2 Å². The predicted molar refractivity (Wildman–Crippen MR) is 121 cm³/mol. The third-order valence-corrected chi connectivity index (χ3v) is 7.33. The van der Waals surface area contributed by atoms with E-state index in [9.17, 15) is 13.2 Å². The summed E-state index contributed by atoms with van der Waals surface area (Å²) in [5.41, 5.74) is 1.73. The molecule has 162 valence electrons. The summed E-state index contributed by atoms with van der Waals surface area (Å²) in [6.07, 6.45) is 3.20. The molecule has 0 atom stereocenters. The predicted octanol–water partition coefficient (Wildman–Crippen LogP) is 3.91. The summed E-state index contributed by atoms with van der Waals surface area (Å²) >= 11 is 6.14. The van der Waals surface area contributed by atoms with Crippen LogP contribution < -0.4 is 10.0 Å². The Labute approximate surface area is 183 Å². The van der Waals surface area contributed by atoms with Gasteiger partial charge in [-0.15, -0.1) is 0 Å². The van der Waals surface area contributed by atoms with Gasteiger partial charge in [-0.05, 0) is 82.6 Å². The minimum absolute atomic E-state index is 0.0671. The number of benzene rings is 2. The molecule has 1 heterocycles. The van der Waals surface area contributed by atoms with Crippen LogP contribution in [0.15, 0.2) is 47.4 Å². The van der Waals surface area contributed by atoms with Crippen molar-refractivity contribution in [2.45, 2.75) is 31.1 Å². The maximum Gasteiger partial charge on any atom is 0.263 e. The van der Waals surface area contributed by atoms with Gasteiger partial charge in [-0.25, -0.2) is 8.42 Å². The number of anilines is 1. The van der Waals surface area contributed by atoms with E-state index in [1.54, 1.807) is 12.1 Å². The zero-order valence-electron chi connectivity index (χ0n) is 17.3. The Morgan fingerprint density at radius 1 is 1.13 bits per heavy atom. The Hall–Kier alpha value is -2.09. The van der Waals surface area contributed by atoms with Crippen LogP contribution in [0.1, 0.15) is 35.2 Å². The van der Waals surface area contributed by atoms with Crippen LogP contribution in [0.4, 0.5) is 5.69 Å². The van der Waals surface area contributed by atoms with Crippen LogP contribution in [-0.4, -0.2) is 45.9 Å². The number of carbonyl (C=O) groups is 1. The molecule has 8 heteroatoms. The van der Waals surface area contributed by atoms with Crippen molar-refractivity contribution in [1.29, 1.82) is 0 Å². The Morgan fingerprint density at radius 2 is 1.80 bits per heavy atom. The number of hydrogen-bond acceptors (Lipinski definition) is 4. The van der Waals surface area contributed by atoms with Crippen molar-refractivity contribution in [3.8, 4) is 0 Å². The van der Waals surface area contributed by atoms with Gasteiger partial charge in [0.2, 0.25) is 0 Å². The quantitative estimate of drug-likeness (QED) is 0.671. The van der Waals surface area contributed by atoms with Gasteiger partial charge in [0, 0.05) is 17.8 Å². The highest BCUT2D eigenvalue weighted by molar-refractivity contribution is 7.92. The zero-order valence-corrected chi connectivity index (χ0v) is 18.9. The van der Waals surface area contributed by atoms with Gasteiger partial charge in [0.15, 0.2) is 0 Å². The van der Waals surface area contributed by atoms with Crippen molar-refractivity contribution in [2.24, 2.45) is 5.92 Å². The summed E-state index contributed by atoms with van der Waals surface area (Å²) in [5.74, 6) is 0.313. The number of nitrogens with zero attached hydrogens (tertiary/aromatic N) is 1. The standard InChI is InChI=1S/C22H28ClN3O3S/c1-16-3-6-19(7-4-16)25-30(28,29)21-15-18(5-8-20(21)23)22(27)24-12-9-17-10-13-26(2)14-11-17/h3-8,15,17,25H,9-14H2,1-2H3,(H,24,27). The molecule has 1 amide bonds. The molecule has 1 saturated heterocycles. The molecule has 3 rings (SSSR count). The highest BCUT2D eigenvalue weighted by Crippen LogP contribution is 2.25. The van der Waals surface area contributed by atoms with Gasteiger partial charge >= 0.3 is 0 Å². The first-order valence-corrected chi connectivity index (χ1v) is 12.0. The molecule has 1 fully saturated rings. The lowest BCUT2D eigenvalue weighted by Crippen LogP contribution is -2.32. The fraction of sp³-hybridized carbons (Fsp3) is 0.409. The number of piperidine rings is 1. The van der Waals surface area contributed by atoms with E-state index in [2.05, 4.69) is 22.0 Å². The van der Waals surface area contributed by atoms with E-state index in [1.165, 1.54) is 18.2 Å². The largest absolute Gasteiger partial charge is 0.352 e. The van der Waals surface area contributed by atoms with E-state index < -0.39 is 10.0 Å². The summed E-state index contributed by atoms with van der Waals surface area (Å²) in [5, 5.41) is 2.97. The lowest BCUT2D eigenvalue weighted by Gasteiger charge is -2.28. The van der Waals surface area contributed by atoms with Crippen molar-refractivity contribution in [3.63, 3.8) is 0 Å². The molecule has 1 aliphatic rings. The van der Waals surface area contributed by atoms with E-state index >= 15 is 0 Å².